The van der Waals surface area contributed by atoms with Gasteiger partial charge in [0.1, 0.15) is 12.4 Å². The Bertz CT molecular complexity index is 939. The van der Waals surface area contributed by atoms with Gasteiger partial charge in [-0.25, -0.2) is 12.8 Å². The van der Waals surface area contributed by atoms with Crippen LogP contribution < -0.4 is 9.62 Å². The van der Waals surface area contributed by atoms with Gasteiger partial charge in [0.25, 0.3) is 0 Å². The summed E-state index contributed by atoms with van der Waals surface area (Å²) in [6.07, 6.45) is 1.28. The Balaban J connectivity index is 2.03. The number of carbonyl (C=O) groups excluding carboxylic acids is 1. The lowest BCUT2D eigenvalue weighted by molar-refractivity contribution is -0.119. The van der Waals surface area contributed by atoms with Gasteiger partial charge in [0.15, 0.2) is 0 Å². The van der Waals surface area contributed by atoms with Crippen LogP contribution in [0.2, 0.25) is 0 Å². The number of nitrogens with one attached hydrogen (secondary N) is 1. The fourth-order valence-electron chi connectivity index (χ4n) is 2.35. The van der Waals surface area contributed by atoms with Crippen LogP contribution in [0.4, 0.5) is 10.1 Å². The molecule has 0 aromatic heterocycles. The normalized spacial score (nSPS) is 10.8. The number of hydrogen-bond acceptors (Lipinski definition) is 4. The molecule has 2 rings (SSSR count). The van der Waals surface area contributed by atoms with E-state index >= 15 is 0 Å². The topological polar surface area (TPSA) is 90.3 Å². The number of carbonyl (C=O) groups is 1. The highest BCUT2D eigenvalue weighted by Crippen LogP contribution is 2.18. The van der Waals surface area contributed by atoms with Crippen LogP contribution in [0.5, 0.6) is 0 Å². The summed E-state index contributed by atoms with van der Waals surface area (Å²) in [6, 6.07) is 14.2. The van der Waals surface area contributed by atoms with Crippen LogP contribution in [0.3, 0.4) is 0 Å². The molecule has 0 aliphatic rings. The van der Waals surface area contributed by atoms with E-state index in [2.05, 4.69) is 5.32 Å². The van der Waals surface area contributed by atoms with Crippen molar-refractivity contribution in [3.05, 3.63) is 65.5 Å². The van der Waals surface area contributed by atoms with Crippen molar-refractivity contribution in [3.8, 4) is 6.07 Å². The van der Waals surface area contributed by atoms with E-state index in [1.807, 2.05) is 6.07 Å². The zero-order valence-corrected chi connectivity index (χ0v) is 15.0. The fourth-order valence-corrected chi connectivity index (χ4v) is 3.20. The van der Waals surface area contributed by atoms with Crippen molar-refractivity contribution in [2.24, 2.45) is 0 Å². The van der Waals surface area contributed by atoms with E-state index in [1.54, 1.807) is 30.3 Å². The molecule has 6 nitrogen and oxygen atoms in total. The van der Waals surface area contributed by atoms with Gasteiger partial charge in [0, 0.05) is 6.54 Å². The summed E-state index contributed by atoms with van der Waals surface area (Å²) in [7, 11) is -3.72. The van der Waals surface area contributed by atoms with Gasteiger partial charge in [-0.05, 0) is 36.2 Å². The van der Waals surface area contributed by atoms with E-state index in [0.29, 0.717) is 12.0 Å². The van der Waals surface area contributed by atoms with Gasteiger partial charge < -0.3 is 5.32 Å². The first-order chi connectivity index (χ1) is 12.3. The lowest BCUT2D eigenvalue weighted by Crippen LogP contribution is -2.41. The molecule has 1 amide bonds. The minimum absolute atomic E-state index is 0.176. The first kappa shape index (κ1) is 19.4. The van der Waals surface area contributed by atoms with E-state index in [1.165, 1.54) is 18.2 Å². The van der Waals surface area contributed by atoms with Gasteiger partial charge >= 0.3 is 0 Å². The highest BCUT2D eigenvalue weighted by atomic mass is 32.2. The van der Waals surface area contributed by atoms with Crippen LogP contribution >= 0.6 is 0 Å². The third-order valence-electron chi connectivity index (χ3n) is 3.63. The number of amides is 1. The second-order valence-corrected chi connectivity index (χ2v) is 7.53. The third kappa shape index (κ3) is 5.29. The van der Waals surface area contributed by atoms with Crippen molar-refractivity contribution in [2.45, 2.75) is 6.42 Å². The smallest absolute Gasteiger partial charge is 0.240 e. The Labute approximate surface area is 151 Å². The van der Waals surface area contributed by atoms with E-state index in [4.69, 9.17) is 5.26 Å². The fraction of sp³-hybridized carbons (Fsp3) is 0.222. The summed E-state index contributed by atoms with van der Waals surface area (Å²) >= 11 is 0. The van der Waals surface area contributed by atoms with Crippen LogP contribution in [0.15, 0.2) is 48.5 Å². The molecular formula is C18H18FN3O3S. The molecule has 8 heteroatoms. The Hall–Kier alpha value is -2.92. The molecule has 0 aliphatic carbocycles. The average Bonchev–Trinajstić information content (AvgIpc) is 2.60. The third-order valence-corrected chi connectivity index (χ3v) is 4.77. The molecule has 0 atom stereocenters. The van der Waals surface area contributed by atoms with Gasteiger partial charge in [-0.2, -0.15) is 5.26 Å². The second kappa shape index (κ2) is 8.45. The quantitative estimate of drug-likeness (QED) is 0.799. The Morgan fingerprint density at radius 3 is 2.62 bits per heavy atom. The van der Waals surface area contributed by atoms with Crippen LogP contribution in [0.25, 0.3) is 0 Å². The first-order valence-electron chi connectivity index (χ1n) is 7.79. The predicted molar refractivity (Wildman–Crippen MR) is 96.5 cm³/mol. The highest BCUT2D eigenvalue weighted by Gasteiger charge is 2.21. The van der Waals surface area contributed by atoms with Crippen molar-refractivity contribution in [3.63, 3.8) is 0 Å². The zero-order valence-electron chi connectivity index (χ0n) is 14.1. The average molecular weight is 375 g/mol. The summed E-state index contributed by atoms with van der Waals surface area (Å²) in [5.41, 5.74) is 0.987. The molecule has 0 bridgehead atoms. The number of nitriles is 1. The van der Waals surface area contributed by atoms with Crippen LogP contribution in [-0.2, 0) is 21.2 Å². The minimum atomic E-state index is -3.72. The molecular weight excluding hydrogens is 357 g/mol. The van der Waals surface area contributed by atoms with Crippen molar-refractivity contribution in [2.75, 3.05) is 23.7 Å². The van der Waals surface area contributed by atoms with Gasteiger partial charge in [-0.1, -0.05) is 24.3 Å². The van der Waals surface area contributed by atoms with Gasteiger partial charge in [-0.15, -0.1) is 0 Å². The maximum absolute atomic E-state index is 13.5. The number of sulfonamides is 1. The van der Waals surface area contributed by atoms with Gasteiger partial charge in [0.05, 0.1) is 23.6 Å². The molecule has 0 saturated heterocycles. The Morgan fingerprint density at radius 1 is 1.23 bits per heavy atom. The number of halogens is 1. The van der Waals surface area contributed by atoms with Crippen molar-refractivity contribution >= 4 is 21.6 Å². The van der Waals surface area contributed by atoms with Crippen LogP contribution in [0.1, 0.15) is 11.1 Å². The molecule has 1 N–H and O–H groups in total. The van der Waals surface area contributed by atoms with Crippen molar-refractivity contribution in [1.29, 1.82) is 5.26 Å². The summed E-state index contributed by atoms with van der Waals surface area (Å²) in [5, 5.41) is 11.5. The monoisotopic (exact) mass is 375 g/mol. The molecule has 0 aliphatic heterocycles. The number of anilines is 1. The number of hydrogen-bond donors (Lipinski definition) is 1. The summed E-state index contributed by atoms with van der Waals surface area (Å²) in [4.78, 5) is 12.1. The van der Waals surface area contributed by atoms with E-state index in [9.17, 15) is 17.6 Å². The number of benzene rings is 2. The summed E-state index contributed by atoms with van der Waals surface area (Å²) < 4.78 is 38.5. The first-order valence-corrected chi connectivity index (χ1v) is 9.64. The van der Waals surface area contributed by atoms with E-state index in [0.717, 1.165) is 10.6 Å². The summed E-state index contributed by atoms with van der Waals surface area (Å²) in [5.74, 6) is -0.873. The molecule has 26 heavy (non-hydrogen) atoms. The van der Waals surface area contributed by atoms with Crippen LogP contribution in [-0.4, -0.2) is 33.7 Å². The molecule has 0 saturated carbocycles. The van der Waals surface area contributed by atoms with E-state index < -0.39 is 22.5 Å². The molecule has 2 aromatic carbocycles. The minimum Gasteiger partial charge on any atom is -0.354 e. The maximum Gasteiger partial charge on any atom is 0.240 e. The second-order valence-electron chi connectivity index (χ2n) is 5.62. The largest absolute Gasteiger partial charge is 0.354 e. The number of nitrogens with zero attached hydrogens (tertiary/aromatic N) is 2. The standard InChI is InChI=1S/C18H18FN3O3S/c1-26(24,25)22(16-7-4-5-14(11-16)12-20)13-18(23)21-10-9-15-6-2-3-8-17(15)19/h2-8,11H,9-10,13H2,1H3,(H,21,23). The number of rotatable bonds is 7. The molecule has 0 radical (unpaired) electrons. The van der Waals surface area contributed by atoms with Crippen molar-refractivity contribution in [1.82, 2.24) is 5.32 Å². The molecule has 2 aromatic rings. The molecule has 0 heterocycles. The Morgan fingerprint density at radius 2 is 1.96 bits per heavy atom. The Kier molecular flexibility index (Phi) is 6.31. The van der Waals surface area contributed by atoms with Crippen molar-refractivity contribution < 1.29 is 17.6 Å². The zero-order chi connectivity index (χ0) is 19.2. The highest BCUT2D eigenvalue weighted by molar-refractivity contribution is 7.92. The lowest BCUT2D eigenvalue weighted by atomic mass is 10.1. The van der Waals surface area contributed by atoms with E-state index in [-0.39, 0.29) is 23.6 Å². The molecule has 136 valence electrons. The lowest BCUT2D eigenvalue weighted by Gasteiger charge is -2.22. The molecule has 0 unspecified atom stereocenters. The SMILES string of the molecule is CS(=O)(=O)N(CC(=O)NCCc1ccccc1F)c1cccc(C#N)c1. The molecule has 0 fully saturated rings. The predicted octanol–water partition coefficient (Wildman–Crippen LogP) is 1.82. The summed E-state index contributed by atoms with van der Waals surface area (Å²) in [6.45, 7) is -0.249. The molecule has 0 spiro atoms. The maximum atomic E-state index is 13.5. The van der Waals surface area contributed by atoms with Gasteiger partial charge in [-0.3, -0.25) is 9.10 Å². The van der Waals surface area contributed by atoms with Gasteiger partial charge in [0.2, 0.25) is 15.9 Å². The van der Waals surface area contributed by atoms with Crippen LogP contribution in [0, 0.1) is 17.1 Å².